The minimum Gasteiger partial charge on any atom is -0.493 e. The van der Waals surface area contributed by atoms with Gasteiger partial charge in [-0.3, -0.25) is 14.6 Å². The summed E-state index contributed by atoms with van der Waals surface area (Å²) in [7, 11) is 3.14. The number of hydrazine groups is 1. The molecule has 1 aliphatic heterocycles. The van der Waals surface area contributed by atoms with Gasteiger partial charge in [-0.2, -0.15) is 0 Å². The smallest absolute Gasteiger partial charge is 0.294 e. The highest BCUT2D eigenvalue weighted by Crippen LogP contribution is 2.32. The van der Waals surface area contributed by atoms with Crippen LogP contribution in [0.5, 0.6) is 11.5 Å². The Bertz CT molecular complexity index is 838. The molecule has 0 unspecified atom stereocenters. The van der Waals surface area contributed by atoms with Crippen LogP contribution in [0.2, 0.25) is 0 Å². The fourth-order valence-electron chi connectivity index (χ4n) is 2.81. The SMILES string of the molecule is COc1ccc(SCC(=O)N2CCCN2C(=O)c2cc(C)on2)cc1OC. The van der Waals surface area contributed by atoms with Crippen molar-refractivity contribution >= 4 is 23.6 Å². The van der Waals surface area contributed by atoms with Crippen molar-refractivity contribution in [2.24, 2.45) is 0 Å². The van der Waals surface area contributed by atoms with E-state index >= 15 is 0 Å². The lowest BCUT2D eigenvalue weighted by Crippen LogP contribution is -2.45. The Morgan fingerprint density at radius 3 is 2.56 bits per heavy atom. The first kappa shape index (κ1) is 19.1. The molecule has 0 atom stereocenters. The van der Waals surface area contributed by atoms with E-state index in [1.54, 1.807) is 33.3 Å². The molecule has 2 amide bonds. The van der Waals surface area contributed by atoms with E-state index in [2.05, 4.69) is 5.16 Å². The zero-order valence-electron chi connectivity index (χ0n) is 15.4. The number of hydrogen-bond donors (Lipinski definition) is 0. The fourth-order valence-corrected chi connectivity index (χ4v) is 3.60. The number of carbonyl (C=O) groups excluding carboxylic acids is 2. The number of carbonyl (C=O) groups is 2. The van der Waals surface area contributed by atoms with Gasteiger partial charge in [0.1, 0.15) is 5.76 Å². The Hall–Kier alpha value is -2.68. The molecule has 8 nitrogen and oxygen atoms in total. The molecule has 0 spiro atoms. The quantitative estimate of drug-likeness (QED) is 0.699. The van der Waals surface area contributed by atoms with Crippen molar-refractivity contribution in [2.45, 2.75) is 18.2 Å². The summed E-state index contributed by atoms with van der Waals surface area (Å²) < 4.78 is 15.5. The molecule has 27 heavy (non-hydrogen) atoms. The summed E-state index contributed by atoms with van der Waals surface area (Å²) in [4.78, 5) is 26.1. The monoisotopic (exact) mass is 391 g/mol. The van der Waals surface area contributed by atoms with Crippen LogP contribution in [0.1, 0.15) is 22.7 Å². The Balaban J connectivity index is 1.64. The average Bonchev–Trinajstić information content (AvgIpc) is 3.34. The third-order valence-corrected chi connectivity index (χ3v) is 5.10. The summed E-state index contributed by atoms with van der Waals surface area (Å²) in [5.74, 6) is 1.53. The Morgan fingerprint density at radius 2 is 1.89 bits per heavy atom. The fraction of sp³-hybridized carbons (Fsp3) is 0.389. The number of methoxy groups -OCH3 is 2. The lowest BCUT2D eigenvalue weighted by molar-refractivity contribution is -0.137. The van der Waals surface area contributed by atoms with Gasteiger partial charge >= 0.3 is 0 Å². The predicted octanol–water partition coefficient (Wildman–Crippen LogP) is 2.38. The summed E-state index contributed by atoms with van der Waals surface area (Å²) in [6, 6.07) is 7.05. The highest BCUT2D eigenvalue weighted by Gasteiger charge is 2.32. The number of amides is 2. The standard InChI is InChI=1S/C18H21N3O5S/c1-12-9-14(19-26-12)18(23)21-8-4-7-20(21)17(22)11-27-13-5-6-15(24-2)16(10-13)25-3/h5-6,9-10H,4,7-8,11H2,1-3H3. The van der Waals surface area contributed by atoms with Gasteiger partial charge in [0.15, 0.2) is 17.2 Å². The van der Waals surface area contributed by atoms with E-state index in [9.17, 15) is 9.59 Å². The van der Waals surface area contributed by atoms with Gasteiger partial charge < -0.3 is 14.0 Å². The van der Waals surface area contributed by atoms with Gasteiger partial charge in [0.2, 0.25) is 0 Å². The Labute approximate surface area is 161 Å². The van der Waals surface area contributed by atoms with Crippen LogP contribution in [0.15, 0.2) is 33.7 Å². The second-order valence-electron chi connectivity index (χ2n) is 5.93. The van der Waals surface area contributed by atoms with E-state index in [-0.39, 0.29) is 23.3 Å². The summed E-state index contributed by atoms with van der Waals surface area (Å²) in [5, 5.41) is 6.67. The van der Waals surface area contributed by atoms with Crippen molar-refractivity contribution in [3.63, 3.8) is 0 Å². The van der Waals surface area contributed by atoms with Crippen LogP contribution in [0.25, 0.3) is 0 Å². The third-order valence-electron chi connectivity index (χ3n) is 4.12. The number of thioether (sulfide) groups is 1. The summed E-state index contributed by atoms with van der Waals surface area (Å²) in [6.07, 6.45) is 0.731. The number of aromatic nitrogens is 1. The number of nitrogens with zero attached hydrogens (tertiary/aromatic N) is 3. The zero-order valence-corrected chi connectivity index (χ0v) is 16.2. The van der Waals surface area contributed by atoms with Gasteiger partial charge in [0.05, 0.1) is 20.0 Å². The van der Waals surface area contributed by atoms with E-state index in [1.807, 2.05) is 12.1 Å². The van der Waals surface area contributed by atoms with Crippen molar-refractivity contribution < 1.29 is 23.6 Å². The third kappa shape index (κ3) is 4.19. The summed E-state index contributed by atoms with van der Waals surface area (Å²) in [5.41, 5.74) is 0.208. The molecule has 0 aliphatic carbocycles. The van der Waals surface area contributed by atoms with Gasteiger partial charge in [-0.25, -0.2) is 5.01 Å². The van der Waals surface area contributed by atoms with Gasteiger partial charge in [-0.1, -0.05) is 5.16 Å². The zero-order chi connectivity index (χ0) is 19.4. The molecule has 2 heterocycles. The first-order chi connectivity index (χ1) is 13.0. The molecule has 0 N–H and O–H groups in total. The molecule has 2 aromatic rings. The number of benzene rings is 1. The van der Waals surface area contributed by atoms with E-state index < -0.39 is 0 Å². The van der Waals surface area contributed by atoms with E-state index in [1.165, 1.54) is 21.8 Å². The molecule has 1 aliphatic rings. The van der Waals surface area contributed by atoms with E-state index in [0.29, 0.717) is 30.3 Å². The first-order valence-corrected chi connectivity index (χ1v) is 9.42. The maximum atomic E-state index is 12.7. The largest absolute Gasteiger partial charge is 0.493 e. The van der Waals surface area contributed by atoms with Gasteiger partial charge in [-0.15, -0.1) is 11.8 Å². The molecule has 1 aromatic heterocycles. The molecule has 9 heteroatoms. The van der Waals surface area contributed by atoms with Crippen molar-refractivity contribution in [1.82, 2.24) is 15.2 Å². The van der Waals surface area contributed by atoms with E-state index in [0.717, 1.165) is 11.3 Å². The van der Waals surface area contributed by atoms with Crippen molar-refractivity contribution in [1.29, 1.82) is 0 Å². The van der Waals surface area contributed by atoms with Crippen LogP contribution in [0, 0.1) is 6.92 Å². The molecule has 1 fully saturated rings. The number of ether oxygens (including phenoxy) is 2. The van der Waals surface area contributed by atoms with Crippen LogP contribution >= 0.6 is 11.8 Å². The second-order valence-corrected chi connectivity index (χ2v) is 6.98. The van der Waals surface area contributed by atoms with Crippen LogP contribution in [0.4, 0.5) is 0 Å². The molecule has 3 rings (SSSR count). The Kier molecular flexibility index (Phi) is 5.90. The molecule has 0 radical (unpaired) electrons. The van der Waals surface area contributed by atoms with Crippen LogP contribution in [-0.2, 0) is 4.79 Å². The highest BCUT2D eigenvalue weighted by atomic mass is 32.2. The number of rotatable bonds is 6. The summed E-state index contributed by atoms with van der Waals surface area (Å²) >= 11 is 1.38. The molecule has 1 saturated heterocycles. The summed E-state index contributed by atoms with van der Waals surface area (Å²) in [6.45, 7) is 2.71. The van der Waals surface area contributed by atoms with Gasteiger partial charge in [0.25, 0.3) is 11.8 Å². The maximum absolute atomic E-state index is 12.7. The average molecular weight is 391 g/mol. The molecular formula is C18H21N3O5S. The van der Waals surface area contributed by atoms with E-state index in [4.69, 9.17) is 14.0 Å². The lowest BCUT2D eigenvalue weighted by atomic mass is 10.3. The molecule has 1 aromatic carbocycles. The minimum atomic E-state index is -0.325. The molecule has 144 valence electrons. The highest BCUT2D eigenvalue weighted by molar-refractivity contribution is 8.00. The van der Waals surface area contributed by atoms with Crippen molar-refractivity contribution in [2.75, 3.05) is 33.1 Å². The van der Waals surface area contributed by atoms with Crippen molar-refractivity contribution in [3.05, 3.63) is 35.7 Å². The topological polar surface area (TPSA) is 85.1 Å². The Morgan fingerprint density at radius 1 is 1.15 bits per heavy atom. The van der Waals surface area contributed by atoms with Crippen LogP contribution in [0.3, 0.4) is 0 Å². The maximum Gasteiger partial charge on any atom is 0.294 e. The van der Waals surface area contributed by atoms with Crippen molar-refractivity contribution in [3.8, 4) is 11.5 Å². The van der Waals surface area contributed by atoms with Crippen LogP contribution < -0.4 is 9.47 Å². The van der Waals surface area contributed by atoms with Gasteiger partial charge in [0, 0.05) is 24.1 Å². The molecule has 0 bridgehead atoms. The minimum absolute atomic E-state index is 0.138. The number of hydrogen-bond acceptors (Lipinski definition) is 7. The second kappa shape index (κ2) is 8.34. The molecular weight excluding hydrogens is 370 g/mol. The predicted molar refractivity (Wildman–Crippen MR) is 98.9 cm³/mol. The molecule has 0 saturated carbocycles. The van der Waals surface area contributed by atoms with Gasteiger partial charge in [-0.05, 0) is 31.5 Å². The number of aryl methyl sites for hydroxylation is 1. The lowest BCUT2D eigenvalue weighted by Gasteiger charge is -2.27. The first-order valence-electron chi connectivity index (χ1n) is 8.43. The normalized spacial score (nSPS) is 13.7. The van der Waals surface area contributed by atoms with Crippen LogP contribution in [-0.4, -0.2) is 60.1 Å².